The van der Waals surface area contributed by atoms with E-state index in [4.69, 9.17) is 0 Å². The van der Waals surface area contributed by atoms with Crippen molar-refractivity contribution in [2.75, 3.05) is 0 Å². The van der Waals surface area contributed by atoms with E-state index in [1.807, 2.05) is 0 Å². The van der Waals surface area contributed by atoms with Crippen LogP contribution in [0.2, 0.25) is 0 Å². The molecule has 0 unspecified atom stereocenters. The van der Waals surface area contributed by atoms with Crippen LogP contribution in [0, 0.1) is 17.3 Å². The molecule has 0 aliphatic heterocycles. The van der Waals surface area contributed by atoms with Gasteiger partial charge in [0.1, 0.15) is 6.10 Å². The second-order valence-corrected chi connectivity index (χ2v) is 5.26. The molecule has 0 amide bonds. The van der Waals surface area contributed by atoms with E-state index in [0.717, 1.165) is 31.3 Å². The van der Waals surface area contributed by atoms with E-state index in [-0.39, 0.29) is 23.0 Å². The lowest BCUT2D eigenvalue weighted by Crippen LogP contribution is -2.46. The smallest absolute Gasteiger partial charge is 0.165 e. The number of carbonyl (C=O) groups excluding carboxylic acids is 1. The molecule has 2 bridgehead atoms. The third-order valence-corrected chi connectivity index (χ3v) is 4.46. The van der Waals surface area contributed by atoms with Crippen LogP contribution >= 0.6 is 0 Å². The Kier molecular flexibility index (Phi) is 1.76. The van der Waals surface area contributed by atoms with Crippen LogP contribution < -0.4 is 0 Å². The molecule has 0 aromatic heterocycles. The second-order valence-electron chi connectivity index (χ2n) is 5.26. The summed E-state index contributed by atoms with van der Waals surface area (Å²) >= 11 is 0. The van der Waals surface area contributed by atoms with Gasteiger partial charge in [0.2, 0.25) is 0 Å². The van der Waals surface area contributed by atoms with Gasteiger partial charge >= 0.3 is 0 Å². The molecule has 0 aromatic carbocycles. The molecule has 2 fully saturated rings. The maximum absolute atomic E-state index is 12.0. The topological polar surface area (TPSA) is 37.3 Å². The summed E-state index contributed by atoms with van der Waals surface area (Å²) in [5.74, 6) is 0.138. The molecule has 0 radical (unpaired) electrons. The third kappa shape index (κ3) is 1.06. The monoisotopic (exact) mass is 204 g/mol. The van der Waals surface area contributed by atoms with Gasteiger partial charge in [-0.15, -0.1) is 0 Å². The number of hydrogen-bond donors (Lipinski definition) is 1. The van der Waals surface area contributed by atoms with Gasteiger partial charge in [-0.1, -0.05) is 24.3 Å². The molecule has 0 heterocycles. The molecule has 3 aliphatic carbocycles. The van der Waals surface area contributed by atoms with Gasteiger partial charge in [0.05, 0.1) is 0 Å². The molecule has 2 saturated carbocycles. The van der Waals surface area contributed by atoms with Crippen molar-refractivity contribution in [2.24, 2.45) is 17.3 Å². The van der Waals surface area contributed by atoms with Gasteiger partial charge in [-0.2, -0.15) is 0 Å². The minimum absolute atomic E-state index is 0.0241. The summed E-state index contributed by atoms with van der Waals surface area (Å²) in [6, 6.07) is 0. The van der Waals surface area contributed by atoms with Gasteiger partial charge in [0.25, 0.3) is 0 Å². The number of allylic oxidation sites excluding steroid dienone is 2. The normalized spacial score (nSPS) is 48.2. The standard InChI is InChI=1S/C13H16O2/c1-8-6-13-5-3-2-4-10(13)12(15)11(14)9(8)7-13/h3,5,9-11,14H,1-2,4,6-7H2/t9-,10-,11+,13-/m1/s1. The highest BCUT2D eigenvalue weighted by atomic mass is 16.3. The molecule has 2 heteroatoms. The largest absolute Gasteiger partial charge is 0.385 e. The molecule has 3 aliphatic rings. The van der Waals surface area contributed by atoms with Gasteiger partial charge in [0.15, 0.2) is 5.78 Å². The number of hydrogen-bond acceptors (Lipinski definition) is 2. The first-order valence-corrected chi connectivity index (χ1v) is 5.71. The van der Waals surface area contributed by atoms with Crippen molar-refractivity contribution in [3.05, 3.63) is 24.3 Å². The molecular formula is C13H16O2. The summed E-state index contributed by atoms with van der Waals surface area (Å²) in [6.45, 7) is 4.02. The zero-order valence-corrected chi connectivity index (χ0v) is 8.78. The summed E-state index contributed by atoms with van der Waals surface area (Å²) in [5.41, 5.74) is 1.10. The zero-order chi connectivity index (χ0) is 10.6. The molecule has 1 N–H and O–H groups in total. The van der Waals surface area contributed by atoms with E-state index >= 15 is 0 Å². The number of fused-ring (bicyclic) bond motifs is 1. The lowest BCUT2D eigenvalue weighted by molar-refractivity contribution is -0.140. The molecule has 3 rings (SSSR count). The van der Waals surface area contributed by atoms with Crippen molar-refractivity contribution in [2.45, 2.75) is 31.8 Å². The summed E-state index contributed by atoms with van der Waals surface area (Å²) in [5, 5.41) is 9.94. The van der Waals surface area contributed by atoms with E-state index in [0.29, 0.717) is 0 Å². The average Bonchev–Trinajstić information content (AvgIpc) is 2.51. The molecule has 15 heavy (non-hydrogen) atoms. The maximum atomic E-state index is 12.0. The molecule has 0 aromatic rings. The van der Waals surface area contributed by atoms with Crippen molar-refractivity contribution in [1.82, 2.24) is 0 Å². The number of ketones is 1. The Hall–Kier alpha value is -0.890. The summed E-state index contributed by atoms with van der Waals surface area (Å²) in [7, 11) is 0. The fourth-order valence-electron chi connectivity index (χ4n) is 3.72. The second kappa shape index (κ2) is 2.82. The molecule has 1 spiro atoms. The Morgan fingerprint density at radius 1 is 1.53 bits per heavy atom. The van der Waals surface area contributed by atoms with Crippen molar-refractivity contribution >= 4 is 5.78 Å². The van der Waals surface area contributed by atoms with Crippen molar-refractivity contribution in [3.63, 3.8) is 0 Å². The summed E-state index contributed by atoms with van der Waals surface area (Å²) in [4.78, 5) is 12.0. The Morgan fingerprint density at radius 2 is 2.33 bits per heavy atom. The van der Waals surface area contributed by atoms with Crippen LogP contribution in [-0.2, 0) is 4.79 Å². The summed E-state index contributed by atoms with van der Waals surface area (Å²) in [6.07, 6.45) is 7.35. The number of rotatable bonds is 0. The van der Waals surface area contributed by atoms with E-state index in [9.17, 15) is 9.90 Å². The Labute approximate surface area is 89.7 Å². The number of aliphatic hydroxyl groups is 1. The maximum Gasteiger partial charge on any atom is 0.165 e. The van der Waals surface area contributed by atoms with Crippen LogP contribution in [0.5, 0.6) is 0 Å². The number of Topliss-reactive ketones (excluding diaryl/α,β-unsaturated/α-hetero) is 1. The Bertz CT molecular complexity index is 369. The van der Waals surface area contributed by atoms with Crippen LogP contribution in [-0.4, -0.2) is 17.0 Å². The first-order chi connectivity index (χ1) is 7.14. The molecule has 80 valence electrons. The van der Waals surface area contributed by atoms with Gasteiger partial charge in [-0.25, -0.2) is 0 Å². The van der Waals surface area contributed by atoms with E-state index in [1.165, 1.54) is 0 Å². The average molecular weight is 204 g/mol. The molecule has 2 nitrogen and oxygen atoms in total. The fraction of sp³-hybridized carbons (Fsp3) is 0.615. The highest BCUT2D eigenvalue weighted by molar-refractivity contribution is 5.89. The molecular weight excluding hydrogens is 188 g/mol. The van der Waals surface area contributed by atoms with Crippen LogP contribution in [0.1, 0.15) is 25.7 Å². The lowest BCUT2D eigenvalue weighted by atomic mass is 9.62. The molecule has 4 atom stereocenters. The van der Waals surface area contributed by atoms with Crippen molar-refractivity contribution in [1.29, 1.82) is 0 Å². The predicted molar refractivity (Wildman–Crippen MR) is 57.2 cm³/mol. The first kappa shape index (κ1) is 9.34. The quantitative estimate of drug-likeness (QED) is 0.611. The minimum Gasteiger partial charge on any atom is -0.385 e. The SMILES string of the molecule is C=C1C[C@@]23C=CCC[C@@H]2C(=O)[C@@H](O)[C@@H]1C3. The fourth-order valence-corrected chi connectivity index (χ4v) is 3.72. The van der Waals surface area contributed by atoms with Gasteiger partial charge in [0, 0.05) is 17.3 Å². The van der Waals surface area contributed by atoms with Gasteiger partial charge in [-0.3, -0.25) is 4.79 Å². The summed E-state index contributed by atoms with van der Waals surface area (Å²) < 4.78 is 0. The van der Waals surface area contributed by atoms with Crippen molar-refractivity contribution < 1.29 is 9.90 Å². The van der Waals surface area contributed by atoms with Gasteiger partial charge < -0.3 is 5.11 Å². The Balaban J connectivity index is 2.09. The predicted octanol–water partition coefficient (Wildman–Crippen LogP) is 1.85. The molecule has 0 saturated heterocycles. The van der Waals surface area contributed by atoms with E-state index in [2.05, 4.69) is 18.7 Å². The van der Waals surface area contributed by atoms with Crippen LogP contribution in [0.4, 0.5) is 0 Å². The van der Waals surface area contributed by atoms with E-state index in [1.54, 1.807) is 0 Å². The number of aliphatic hydroxyl groups excluding tert-OH is 1. The highest BCUT2D eigenvalue weighted by Gasteiger charge is 2.56. The first-order valence-electron chi connectivity index (χ1n) is 5.71. The lowest BCUT2D eigenvalue weighted by Gasteiger charge is -2.41. The Morgan fingerprint density at radius 3 is 3.13 bits per heavy atom. The third-order valence-electron chi connectivity index (χ3n) is 4.46. The van der Waals surface area contributed by atoms with Crippen LogP contribution in [0.25, 0.3) is 0 Å². The zero-order valence-electron chi connectivity index (χ0n) is 8.78. The van der Waals surface area contributed by atoms with E-state index < -0.39 is 6.10 Å². The minimum atomic E-state index is -0.773. The number of carbonyl (C=O) groups is 1. The van der Waals surface area contributed by atoms with Crippen LogP contribution in [0.15, 0.2) is 24.3 Å². The van der Waals surface area contributed by atoms with Crippen molar-refractivity contribution in [3.8, 4) is 0 Å². The van der Waals surface area contributed by atoms with Gasteiger partial charge in [-0.05, 0) is 25.7 Å². The highest BCUT2D eigenvalue weighted by Crippen LogP contribution is 2.58. The van der Waals surface area contributed by atoms with Crippen LogP contribution in [0.3, 0.4) is 0 Å².